The molecule has 1 aliphatic heterocycles. The van der Waals surface area contributed by atoms with E-state index in [4.69, 9.17) is 5.53 Å². The number of carbonyl (C=O) groups is 1. The summed E-state index contributed by atoms with van der Waals surface area (Å²) < 4.78 is 0. The van der Waals surface area contributed by atoms with Gasteiger partial charge >= 0.3 is 0 Å². The number of likely N-dealkylation sites (tertiary alicyclic amines) is 1. The molecule has 0 radical (unpaired) electrons. The van der Waals surface area contributed by atoms with Crippen molar-refractivity contribution in [3.8, 4) is 0 Å². The first-order valence-electron chi connectivity index (χ1n) is 5.13. The molecule has 0 aliphatic carbocycles. The van der Waals surface area contributed by atoms with Crippen LogP contribution in [0.25, 0.3) is 10.4 Å². The van der Waals surface area contributed by atoms with Crippen LogP contribution in [-0.4, -0.2) is 30.4 Å². The molecule has 0 spiro atoms. The third kappa shape index (κ3) is 3.66. The van der Waals surface area contributed by atoms with Crippen LogP contribution in [0.4, 0.5) is 0 Å². The van der Waals surface area contributed by atoms with Gasteiger partial charge in [-0.05, 0) is 18.4 Å². The number of hydrogen-bond acceptors (Lipinski definition) is 2. The second-order valence-corrected chi connectivity index (χ2v) is 3.50. The molecule has 0 bridgehead atoms. The summed E-state index contributed by atoms with van der Waals surface area (Å²) in [4.78, 5) is 16.0. The zero-order chi connectivity index (χ0) is 10.2. The molecule has 0 aromatic rings. The van der Waals surface area contributed by atoms with E-state index in [0.717, 1.165) is 25.8 Å². The number of azide groups is 1. The van der Waals surface area contributed by atoms with E-state index in [0.29, 0.717) is 19.5 Å². The van der Waals surface area contributed by atoms with Gasteiger partial charge in [0.2, 0.25) is 5.91 Å². The zero-order valence-electron chi connectivity index (χ0n) is 8.35. The summed E-state index contributed by atoms with van der Waals surface area (Å²) in [5, 5.41) is 3.44. The number of rotatable bonds is 3. The smallest absolute Gasteiger partial charge is 0.222 e. The highest BCUT2D eigenvalue weighted by Crippen LogP contribution is 2.11. The molecule has 0 unspecified atom stereocenters. The number of amides is 1. The highest BCUT2D eigenvalue weighted by molar-refractivity contribution is 5.76. The molecule has 1 heterocycles. The summed E-state index contributed by atoms with van der Waals surface area (Å²) in [6, 6.07) is 0. The monoisotopic (exact) mass is 196 g/mol. The van der Waals surface area contributed by atoms with Crippen LogP contribution in [0.15, 0.2) is 5.11 Å². The van der Waals surface area contributed by atoms with Gasteiger partial charge in [0.1, 0.15) is 0 Å². The molecule has 14 heavy (non-hydrogen) atoms. The minimum atomic E-state index is 0.206. The van der Waals surface area contributed by atoms with E-state index >= 15 is 0 Å². The lowest BCUT2D eigenvalue weighted by Gasteiger charge is -2.23. The van der Waals surface area contributed by atoms with E-state index in [1.54, 1.807) is 0 Å². The first kappa shape index (κ1) is 10.9. The summed E-state index contributed by atoms with van der Waals surface area (Å²) in [6.07, 6.45) is 5.08. The van der Waals surface area contributed by atoms with E-state index in [9.17, 15) is 4.79 Å². The number of nitrogens with zero attached hydrogens (tertiary/aromatic N) is 4. The van der Waals surface area contributed by atoms with Crippen LogP contribution in [0.5, 0.6) is 0 Å². The lowest BCUT2D eigenvalue weighted by molar-refractivity contribution is -0.131. The lowest BCUT2D eigenvalue weighted by Crippen LogP contribution is -2.34. The molecule has 1 fully saturated rings. The maximum Gasteiger partial charge on any atom is 0.222 e. The van der Waals surface area contributed by atoms with Crippen molar-refractivity contribution < 1.29 is 4.79 Å². The molecule has 0 aromatic heterocycles. The average molecular weight is 196 g/mol. The van der Waals surface area contributed by atoms with Gasteiger partial charge in [-0.2, -0.15) is 0 Å². The predicted octanol–water partition coefficient (Wildman–Crippen LogP) is 2.09. The van der Waals surface area contributed by atoms with Crippen molar-refractivity contribution in [3.05, 3.63) is 10.4 Å². The maximum absolute atomic E-state index is 11.6. The molecular formula is C9H16N4O. The molecule has 1 rings (SSSR count). The van der Waals surface area contributed by atoms with Crippen LogP contribution < -0.4 is 0 Å². The minimum absolute atomic E-state index is 0.206. The second-order valence-electron chi connectivity index (χ2n) is 3.50. The summed E-state index contributed by atoms with van der Waals surface area (Å²) in [5.41, 5.74) is 8.12. The summed E-state index contributed by atoms with van der Waals surface area (Å²) in [6.45, 7) is 1.78. The lowest BCUT2D eigenvalue weighted by atomic mass is 10.1. The molecule has 5 heteroatoms. The van der Waals surface area contributed by atoms with Crippen molar-refractivity contribution in [2.45, 2.75) is 32.1 Å². The molecule has 0 aromatic carbocycles. The SMILES string of the molecule is [N-]=[N+]=NCCN1CCCCCCC1=O. The van der Waals surface area contributed by atoms with E-state index in [-0.39, 0.29) is 5.91 Å². The topological polar surface area (TPSA) is 69.1 Å². The quantitative estimate of drug-likeness (QED) is 0.387. The molecule has 1 amide bonds. The maximum atomic E-state index is 11.6. The second kappa shape index (κ2) is 6.27. The molecule has 0 atom stereocenters. The first-order chi connectivity index (χ1) is 6.84. The Morgan fingerprint density at radius 1 is 1.36 bits per heavy atom. The fourth-order valence-electron chi connectivity index (χ4n) is 1.66. The van der Waals surface area contributed by atoms with Crippen LogP contribution >= 0.6 is 0 Å². The van der Waals surface area contributed by atoms with E-state index < -0.39 is 0 Å². The standard InChI is InChI=1S/C9H16N4O/c10-12-11-6-8-13-7-4-2-1-3-5-9(13)14/h1-8H2. The highest BCUT2D eigenvalue weighted by Gasteiger charge is 2.14. The van der Waals surface area contributed by atoms with Gasteiger partial charge in [-0.1, -0.05) is 18.0 Å². The van der Waals surface area contributed by atoms with Gasteiger partial charge in [0.05, 0.1) is 0 Å². The van der Waals surface area contributed by atoms with Gasteiger partial charge in [-0.15, -0.1) is 0 Å². The van der Waals surface area contributed by atoms with Gasteiger partial charge in [0, 0.05) is 31.0 Å². The highest BCUT2D eigenvalue weighted by atomic mass is 16.2. The fraction of sp³-hybridized carbons (Fsp3) is 0.889. The Bertz CT molecular complexity index is 235. The van der Waals surface area contributed by atoms with E-state index in [1.165, 1.54) is 6.42 Å². The fourth-order valence-corrected chi connectivity index (χ4v) is 1.66. The molecule has 78 valence electrons. The van der Waals surface area contributed by atoms with E-state index in [2.05, 4.69) is 10.0 Å². The van der Waals surface area contributed by atoms with Gasteiger partial charge in [-0.3, -0.25) is 4.79 Å². The average Bonchev–Trinajstić information content (AvgIpc) is 2.17. The molecule has 5 nitrogen and oxygen atoms in total. The van der Waals surface area contributed by atoms with Crippen molar-refractivity contribution >= 4 is 5.91 Å². The Morgan fingerprint density at radius 2 is 2.14 bits per heavy atom. The van der Waals surface area contributed by atoms with E-state index in [1.807, 2.05) is 4.90 Å². The molecule has 1 aliphatic rings. The van der Waals surface area contributed by atoms with Crippen molar-refractivity contribution in [2.75, 3.05) is 19.6 Å². The normalized spacial score (nSPS) is 18.3. The minimum Gasteiger partial charge on any atom is -0.343 e. The summed E-state index contributed by atoms with van der Waals surface area (Å²) in [5.74, 6) is 0.206. The van der Waals surface area contributed by atoms with Crippen molar-refractivity contribution in [2.24, 2.45) is 5.11 Å². The Morgan fingerprint density at radius 3 is 2.93 bits per heavy atom. The van der Waals surface area contributed by atoms with Gasteiger partial charge in [0.25, 0.3) is 0 Å². The molecule has 1 saturated heterocycles. The van der Waals surface area contributed by atoms with Crippen molar-refractivity contribution in [3.63, 3.8) is 0 Å². The zero-order valence-corrected chi connectivity index (χ0v) is 8.35. The van der Waals surface area contributed by atoms with Crippen molar-refractivity contribution in [1.29, 1.82) is 0 Å². The van der Waals surface area contributed by atoms with Gasteiger partial charge < -0.3 is 4.90 Å². The molecular weight excluding hydrogens is 180 g/mol. The Kier molecular flexibility index (Phi) is 4.86. The molecule has 0 saturated carbocycles. The summed E-state index contributed by atoms with van der Waals surface area (Å²) in [7, 11) is 0. The third-order valence-corrected chi connectivity index (χ3v) is 2.45. The Labute approximate surface area is 83.7 Å². The first-order valence-corrected chi connectivity index (χ1v) is 5.13. The van der Waals surface area contributed by atoms with Crippen LogP contribution in [0.3, 0.4) is 0 Å². The largest absolute Gasteiger partial charge is 0.343 e. The summed E-state index contributed by atoms with van der Waals surface area (Å²) >= 11 is 0. The van der Waals surface area contributed by atoms with Crippen LogP contribution in [0.1, 0.15) is 32.1 Å². The van der Waals surface area contributed by atoms with Crippen molar-refractivity contribution in [1.82, 2.24) is 4.90 Å². The number of hydrogen-bond donors (Lipinski definition) is 0. The van der Waals surface area contributed by atoms with Crippen LogP contribution in [-0.2, 0) is 4.79 Å². The number of carbonyl (C=O) groups excluding carboxylic acids is 1. The Hall–Kier alpha value is -1.22. The van der Waals surface area contributed by atoms with Crippen LogP contribution in [0.2, 0.25) is 0 Å². The Balaban J connectivity index is 2.37. The predicted molar refractivity (Wildman–Crippen MR) is 53.7 cm³/mol. The van der Waals surface area contributed by atoms with Crippen LogP contribution in [0, 0.1) is 0 Å². The molecule has 0 N–H and O–H groups in total. The van der Waals surface area contributed by atoms with Gasteiger partial charge in [-0.25, -0.2) is 0 Å². The third-order valence-electron chi connectivity index (χ3n) is 2.45. The van der Waals surface area contributed by atoms with Gasteiger partial charge in [0.15, 0.2) is 0 Å².